The van der Waals surface area contributed by atoms with Gasteiger partial charge >= 0.3 is 5.97 Å². The van der Waals surface area contributed by atoms with E-state index in [-0.39, 0.29) is 0 Å². The van der Waals surface area contributed by atoms with E-state index in [0.717, 1.165) is 12.2 Å². The maximum Gasteiger partial charge on any atom is 0.337 e. The summed E-state index contributed by atoms with van der Waals surface area (Å²) in [6.07, 6.45) is 0. The summed E-state index contributed by atoms with van der Waals surface area (Å²) in [6.45, 7) is 2.80. The number of carbonyl (C=O) groups excluding carboxylic acids is 1. The molecule has 0 atom stereocenters. The first-order valence-electron chi connectivity index (χ1n) is 3.85. The Hall–Kier alpha value is -1.35. The topological polar surface area (TPSA) is 46.5 Å². The van der Waals surface area contributed by atoms with Crippen LogP contribution in [0.2, 0.25) is 0 Å². The molecule has 0 aliphatic carbocycles. The normalized spacial score (nSPS) is 9.77. The molecular formula is C10H11O3. The summed E-state index contributed by atoms with van der Waals surface area (Å²) in [7, 11) is 1.33. The molecular weight excluding hydrogens is 168 g/mol. The van der Waals surface area contributed by atoms with E-state index in [4.69, 9.17) is 5.11 Å². The Bertz CT molecular complexity index is 318. The molecule has 3 nitrogen and oxygen atoms in total. The molecule has 0 fully saturated rings. The monoisotopic (exact) mass is 179 g/mol. The highest BCUT2D eigenvalue weighted by molar-refractivity contribution is 5.89. The zero-order valence-corrected chi connectivity index (χ0v) is 7.57. The van der Waals surface area contributed by atoms with Crippen molar-refractivity contribution in [2.75, 3.05) is 7.11 Å². The van der Waals surface area contributed by atoms with Crippen LogP contribution in [0.4, 0.5) is 0 Å². The zero-order chi connectivity index (χ0) is 9.84. The molecule has 1 aromatic carbocycles. The lowest BCUT2D eigenvalue weighted by Gasteiger charge is -2.03. The number of carbonyl (C=O) groups is 1. The smallest absolute Gasteiger partial charge is 0.337 e. The number of ether oxygens (including phenoxy) is 1. The van der Waals surface area contributed by atoms with Crippen LogP contribution in [0.15, 0.2) is 18.2 Å². The zero-order valence-electron chi connectivity index (χ0n) is 7.57. The molecule has 69 valence electrons. The van der Waals surface area contributed by atoms with Crippen LogP contribution in [0.1, 0.15) is 21.5 Å². The van der Waals surface area contributed by atoms with Gasteiger partial charge in [-0.1, -0.05) is 6.07 Å². The molecule has 0 spiro atoms. The highest BCUT2D eigenvalue weighted by Crippen LogP contribution is 2.11. The number of rotatable bonds is 2. The SMILES string of the molecule is COC(=O)c1cc(C)cc([CH]O)c1. The summed E-state index contributed by atoms with van der Waals surface area (Å²) >= 11 is 0. The molecule has 0 amide bonds. The molecule has 0 heterocycles. The maximum atomic E-state index is 11.1. The molecule has 1 rings (SSSR count). The minimum absolute atomic E-state index is 0.396. The number of aliphatic hydroxyl groups excluding tert-OH is 1. The van der Waals surface area contributed by atoms with Gasteiger partial charge in [-0.25, -0.2) is 4.79 Å². The van der Waals surface area contributed by atoms with Gasteiger partial charge in [0.2, 0.25) is 0 Å². The van der Waals surface area contributed by atoms with Crippen LogP contribution in [-0.2, 0) is 4.74 Å². The van der Waals surface area contributed by atoms with Crippen LogP contribution in [0.5, 0.6) is 0 Å². The largest absolute Gasteiger partial charge is 0.465 e. The number of hydrogen-bond acceptors (Lipinski definition) is 3. The van der Waals surface area contributed by atoms with Crippen molar-refractivity contribution in [1.29, 1.82) is 0 Å². The summed E-state index contributed by atoms with van der Waals surface area (Å²) in [4.78, 5) is 11.1. The fourth-order valence-electron chi connectivity index (χ4n) is 1.12. The van der Waals surface area contributed by atoms with Gasteiger partial charge in [0.15, 0.2) is 0 Å². The molecule has 0 unspecified atom stereocenters. The van der Waals surface area contributed by atoms with E-state index in [1.54, 1.807) is 18.2 Å². The van der Waals surface area contributed by atoms with Gasteiger partial charge in [-0.2, -0.15) is 0 Å². The summed E-state index contributed by atoms with van der Waals surface area (Å²) < 4.78 is 4.56. The third-order valence-corrected chi connectivity index (χ3v) is 1.67. The first-order chi connectivity index (χ1) is 6.17. The van der Waals surface area contributed by atoms with E-state index in [1.165, 1.54) is 7.11 Å². The number of aryl methyl sites for hydroxylation is 1. The van der Waals surface area contributed by atoms with E-state index < -0.39 is 5.97 Å². The van der Waals surface area contributed by atoms with Crippen LogP contribution in [-0.4, -0.2) is 18.2 Å². The number of esters is 1. The van der Waals surface area contributed by atoms with Gasteiger partial charge in [0, 0.05) is 0 Å². The minimum atomic E-state index is -0.396. The van der Waals surface area contributed by atoms with Gasteiger partial charge in [0.25, 0.3) is 0 Å². The lowest BCUT2D eigenvalue weighted by Crippen LogP contribution is -2.02. The van der Waals surface area contributed by atoms with E-state index >= 15 is 0 Å². The van der Waals surface area contributed by atoms with Crippen molar-refractivity contribution in [3.05, 3.63) is 41.5 Å². The molecule has 13 heavy (non-hydrogen) atoms. The number of hydrogen-bond donors (Lipinski definition) is 1. The Labute approximate surface area is 77.0 Å². The number of aliphatic hydroxyl groups is 1. The molecule has 0 bridgehead atoms. The van der Waals surface area contributed by atoms with Crippen LogP contribution >= 0.6 is 0 Å². The first-order valence-corrected chi connectivity index (χ1v) is 3.85. The van der Waals surface area contributed by atoms with Crippen molar-refractivity contribution in [2.45, 2.75) is 6.92 Å². The second-order valence-corrected chi connectivity index (χ2v) is 2.75. The van der Waals surface area contributed by atoms with Crippen molar-refractivity contribution in [3.63, 3.8) is 0 Å². The summed E-state index contributed by atoms with van der Waals surface area (Å²) in [6, 6.07) is 5.05. The van der Waals surface area contributed by atoms with Crippen molar-refractivity contribution in [2.24, 2.45) is 0 Å². The Balaban J connectivity index is 3.08. The molecule has 1 aromatic rings. The van der Waals surface area contributed by atoms with E-state index in [9.17, 15) is 4.79 Å². The van der Waals surface area contributed by atoms with Crippen LogP contribution in [0, 0.1) is 13.5 Å². The molecule has 0 aliphatic heterocycles. The molecule has 1 N–H and O–H groups in total. The predicted molar refractivity (Wildman–Crippen MR) is 47.9 cm³/mol. The van der Waals surface area contributed by atoms with Crippen LogP contribution in [0.25, 0.3) is 0 Å². The summed E-state index contributed by atoms with van der Waals surface area (Å²) in [5, 5.41) is 8.76. The van der Waals surface area contributed by atoms with Crippen molar-refractivity contribution in [3.8, 4) is 0 Å². The standard InChI is InChI=1S/C10H11O3/c1-7-3-8(6-11)5-9(4-7)10(12)13-2/h3-6,11H,1-2H3. The number of benzene rings is 1. The van der Waals surface area contributed by atoms with Gasteiger partial charge in [-0.15, -0.1) is 0 Å². The lowest BCUT2D eigenvalue weighted by molar-refractivity contribution is 0.0600. The second kappa shape index (κ2) is 4.05. The fraction of sp³-hybridized carbons (Fsp3) is 0.200. The third-order valence-electron chi connectivity index (χ3n) is 1.67. The van der Waals surface area contributed by atoms with Crippen molar-refractivity contribution in [1.82, 2.24) is 0 Å². The Morgan fingerprint density at radius 3 is 2.69 bits per heavy atom. The van der Waals surface area contributed by atoms with Gasteiger partial charge in [-0.05, 0) is 30.2 Å². The summed E-state index contributed by atoms with van der Waals surface area (Å²) in [5.74, 6) is -0.396. The highest BCUT2D eigenvalue weighted by atomic mass is 16.5. The average molecular weight is 179 g/mol. The molecule has 0 aliphatic rings. The average Bonchev–Trinajstić information content (AvgIpc) is 2.15. The molecule has 0 aromatic heterocycles. The quantitative estimate of drug-likeness (QED) is 0.702. The third kappa shape index (κ3) is 2.29. The minimum Gasteiger partial charge on any atom is -0.465 e. The highest BCUT2D eigenvalue weighted by Gasteiger charge is 2.06. The Morgan fingerprint density at radius 2 is 2.15 bits per heavy atom. The molecule has 0 saturated carbocycles. The van der Waals surface area contributed by atoms with Gasteiger partial charge in [0.1, 0.15) is 6.61 Å². The van der Waals surface area contributed by atoms with E-state index in [1.807, 2.05) is 6.92 Å². The van der Waals surface area contributed by atoms with E-state index in [0.29, 0.717) is 11.1 Å². The van der Waals surface area contributed by atoms with Crippen molar-refractivity contribution >= 4 is 5.97 Å². The van der Waals surface area contributed by atoms with Crippen LogP contribution in [0.3, 0.4) is 0 Å². The first kappa shape index (κ1) is 9.74. The van der Waals surface area contributed by atoms with Gasteiger partial charge < -0.3 is 9.84 Å². The van der Waals surface area contributed by atoms with Crippen molar-refractivity contribution < 1.29 is 14.6 Å². The summed E-state index contributed by atoms with van der Waals surface area (Å²) in [5.41, 5.74) is 1.95. The molecule has 1 radical (unpaired) electrons. The molecule has 3 heteroatoms. The van der Waals surface area contributed by atoms with Gasteiger partial charge in [0.05, 0.1) is 12.7 Å². The number of methoxy groups -OCH3 is 1. The molecule has 0 saturated heterocycles. The fourth-order valence-corrected chi connectivity index (χ4v) is 1.12. The predicted octanol–water partition coefficient (Wildman–Crippen LogP) is 1.66. The van der Waals surface area contributed by atoms with E-state index in [2.05, 4.69) is 4.74 Å². The second-order valence-electron chi connectivity index (χ2n) is 2.75. The Morgan fingerprint density at radius 1 is 1.46 bits per heavy atom. The maximum absolute atomic E-state index is 11.1. The van der Waals surface area contributed by atoms with Crippen LogP contribution < -0.4 is 0 Å². The van der Waals surface area contributed by atoms with Gasteiger partial charge in [-0.3, -0.25) is 0 Å². The lowest BCUT2D eigenvalue weighted by atomic mass is 10.1. The Kier molecular flexibility index (Phi) is 3.03.